The second kappa shape index (κ2) is 7.17. The Morgan fingerprint density at radius 1 is 1.24 bits per heavy atom. The summed E-state index contributed by atoms with van der Waals surface area (Å²) in [6.07, 6.45) is 4.53. The maximum atomic E-state index is 12.1. The van der Waals surface area contributed by atoms with Crippen LogP contribution in [0.3, 0.4) is 0 Å². The molecule has 0 heterocycles. The van der Waals surface area contributed by atoms with Gasteiger partial charge in [0.1, 0.15) is 0 Å². The Labute approximate surface area is 129 Å². The second-order valence-corrected chi connectivity index (χ2v) is 5.39. The first-order chi connectivity index (χ1) is 10.1. The number of benzene rings is 1. The monoisotopic (exact) mass is 306 g/mol. The highest BCUT2D eigenvalue weighted by Gasteiger charge is 2.17. The van der Waals surface area contributed by atoms with Crippen molar-refractivity contribution in [3.63, 3.8) is 0 Å². The van der Waals surface area contributed by atoms with Crippen molar-refractivity contribution in [2.24, 2.45) is 0 Å². The van der Waals surface area contributed by atoms with E-state index in [1.54, 1.807) is 18.2 Å². The third kappa shape index (κ3) is 4.26. The Bertz CT molecular complexity index is 554. The van der Waals surface area contributed by atoms with Crippen molar-refractivity contribution in [3.05, 3.63) is 35.4 Å². The van der Waals surface area contributed by atoms with E-state index in [9.17, 15) is 9.59 Å². The molecular formula is C15H18N2O3S. The largest absolute Gasteiger partial charge is 0.465 e. The molecule has 1 aliphatic carbocycles. The zero-order chi connectivity index (χ0) is 15.2. The summed E-state index contributed by atoms with van der Waals surface area (Å²) in [5, 5.41) is 6.10. The van der Waals surface area contributed by atoms with Gasteiger partial charge in [0.2, 0.25) is 0 Å². The fourth-order valence-electron chi connectivity index (χ4n) is 2.37. The minimum absolute atomic E-state index is 0.329. The summed E-state index contributed by atoms with van der Waals surface area (Å²) < 4.78 is 4.63. The lowest BCUT2D eigenvalue weighted by Crippen LogP contribution is -2.43. The Kier molecular flexibility index (Phi) is 5.27. The molecule has 0 unspecified atom stereocenters. The number of carbonyl (C=O) groups excluding carboxylic acids is 2. The van der Waals surface area contributed by atoms with E-state index in [-0.39, 0.29) is 5.91 Å². The molecule has 0 aliphatic heterocycles. The van der Waals surface area contributed by atoms with Gasteiger partial charge < -0.3 is 10.1 Å². The van der Waals surface area contributed by atoms with Gasteiger partial charge in [-0.25, -0.2) is 4.79 Å². The summed E-state index contributed by atoms with van der Waals surface area (Å²) in [5.41, 5.74) is 0.702. The molecule has 0 aromatic heterocycles. The third-order valence-corrected chi connectivity index (χ3v) is 3.68. The van der Waals surface area contributed by atoms with Gasteiger partial charge in [-0.2, -0.15) is 0 Å². The maximum Gasteiger partial charge on any atom is 0.337 e. The van der Waals surface area contributed by atoms with Crippen LogP contribution in [-0.4, -0.2) is 30.1 Å². The molecular weight excluding hydrogens is 288 g/mol. The Morgan fingerprint density at radius 2 is 1.90 bits per heavy atom. The standard InChI is InChI=1S/C15H18N2O3S/c1-20-14(19)11-6-4-5-10(9-11)13(18)17-15(21)16-12-7-2-3-8-12/h4-6,9,12H,2-3,7-8H2,1H3,(H2,16,17,18,21). The van der Waals surface area contributed by atoms with Crippen molar-refractivity contribution in [1.82, 2.24) is 10.6 Å². The number of carbonyl (C=O) groups is 2. The number of hydrogen-bond acceptors (Lipinski definition) is 4. The van der Waals surface area contributed by atoms with Crippen LogP contribution in [0.5, 0.6) is 0 Å². The summed E-state index contributed by atoms with van der Waals surface area (Å²) in [6, 6.07) is 6.69. The van der Waals surface area contributed by atoms with Crippen molar-refractivity contribution in [3.8, 4) is 0 Å². The highest BCUT2D eigenvalue weighted by Crippen LogP contribution is 2.17. The molecule has 21 heavy (non-hydrogen) atoms. The van der Waals surface area contributed by atoms with E-state index >= 15 is 0 Å². The summed E-state index contributed by atoms with van der Waals surface area (Å²) in [6.45, 7) is 0. The number of methoxy groups -OCH3 is 1. The van der Waals surface area contributed by atoms with Crippen LogP contribution in [-0.2, 0) is 4.74 Å². The molecule has 0 radical (unpaired) electrons. The van der Waals surface area contributed by atoms with E-state index in [0.29, 0.717) is 22.3 Å². The molecule has 5 nitrogen and oxygen atoms in total. The molecule has 0 spiro atoms. The average molecular weight is 306 g/mol. The van der Waals surface area contributed by atoms with Gasteiger partial charge in [0.15, 0.2) is 5.11 Å². The molecule has 0 saturated heterocycles. The first-order valence-electron chi connectivity index (χ1n) is 6.90. The maximum absolute atomic E-state index is 12.1. The molecule has 1 amide bonds. The highest BCUT2D eigenvalue weighted by molar-refractivity contribution is 7.80. The molecule has 112 valence electrons. The Balaban J connectivity index is 1.96. The molecule has 1 aliphatic rings. The number of nitrogens with one attached hydrogen (secondary N) is 2. The van der Waals surface area contributed by atoms with Crippen molar-refractivity contribution in [2.75, 3.05) is 7.11 Å². The van der Waals surface area contributed by atoms with Gasteiger partial charge in [-0.3, -0.25) is 10.1 Å². The second-order valence-electron chi connectivity index (χ2n) is 4.98. The topological polar surface area (TPSA) is 67.4 Å². The first kappa shape index (κ1) is 15.4. The van der Waals surface area contributed by atoms with Crippen LogP contribution in [0.25, 0.3) is 0 Å². The molecule has 6 heteroatoms. The predicted molar refractivity (Wildman–Crippen MR) is 83.2 cm³/mol. The number of ether oxygens (including phenoxy) is 1. The number of hydrogen-bond donors (Lipinski definition) is 2. The Hall–Kier alpha value is -1.95. The van der Waals surface area contributed by atoms with Gasteiger partial charge >= 0.3 is 5.97 Å². The van der Waals surface area contributed by atoms with Crippen LogP contribution < -0.4 is 10.6 Å². The molecule has 1 aromatic rings. The summed E-state index contributed by atoms with van der Waals surface area (Å²) in [5.74, 6) is -0.812. The van der Waals surface area contributed by atoms with Crippen LogP contribution >= 0.6 is 12.2 Å². The minimum atomic E-state index is -0.476. The van der Waals surface area contributed by atoms with E-state index < -0.39 is 5.97 Å². The molecule has 2 N–H and O–H groups in total. The first-order valence-corrected chi connectivity index (χ1v) is 7.31. The lowest BCUT2D eigenvalue weighted by molar-refractivity contribution is 0.0600. The predicted octanol–water partition coefficient (Wildman–Crippen LogP) is 2.02. The fraction of sp³-hybridized carbons (Fsp3) is 0.400. The van der Waals surface area contributed by atoms with Crippen molar-refractivity contribution in [2.45, 2.75) is 31.7 Å². The summed E-state index contributed by atoms with van der Waals surface area (Å²) >= 11 is 5.14. The van der Waals surface area contributed by atoms with Gasteiger partial charge in [0, 0.05) is 11.6 Å². The van der Waals surface area contributed by atoms with E-state index in [1.165, 1.54) is 26.0 Å². The molecule has 1 fully saturated rings. The lowest BCUT2D eigenvalue weighted by atomic mass is 10.1. The van der Waals surface area contributed by atoms with Crippen LogP contribution in [0.2, 0.25) is 0 Å². The molecule has 1 saturated carbocycles. The quantitative estimate of drug-likeness (QED) is 0.660. The Morgan fingerprint density at radius 3 is 2.57 bits per heavy atom. The van der Waals surface area contributed by atoms with E-state index in [2.05, 4.69) is 15.4 Å². The molecule has 2 rings (SSSR count). The van der Waals surface area contributed by atoms with E-state index in [1.807, 2.05) is 0 Å². The summed E-state index contributed by atoms with van der Waals surface area (Å²) in [7, 11) is 1.30. The van der Waals surface area contributed by atoms with Gasteiger partial charge in [-0.15, -0.1) is 0 Å². The SMILES string of the molecule is COC(=O)c1cccc(C(=O)NC(=S)NC2CCCC2)c1. The average Bonchev–Trinajstić information content (AvgIpc) is 2.99. The van der Waals surface area contributed by atoms with Crippen molar-refractivity contribution in [1.29, 1.82) is 0 Å². The zero-order valence-corrected chi connectivity index (χ0v) is 12.7. The highest BCUT2D eigenvalue weighted by atomic mass is 32.1. The lowest BCUT2D eigenvalue weighted by Gasteiger charge is -2.15. The van der Waals surface area contributed by atoms with Gasteiger partial charge in [-0.1, -0.05) is 18.9 Å². The van der Waals surface area contributed by atoms with Gasteiger partial charge in [-0.05, 0) is 43.3 Å². The van der Waals surface area contributed by atoms with Crippen LogP contribution in [0, 0.1) is 0 Å². The summed E-state index contributed by atoms with van der Waals surface area (Å²) in [4.78, 5) is 23.5. The van der Waals surface area contributed by atoms with E-state index in [0.717, 1.165) is 12.8 Å². The number of rotatable bonds is 3. The van der Waals surface area contributed by atoms with Crippen molar-refractivity contribution < 1.29 is 14.3 Å². The number of thiocarbonyl (C=S) groups is 1. The van der Waals surface area contributed by atoms with Gasteiger partial charge in [0.25, 0.3) is 5.91 Å². The fourth-order valence-corrected chi connectivity index (χ4v) is 2.63. The minimum Gasteiger partial charge on any atom is -0.465 e. The number of esters is 1. The zero-order valence-electron chi connectivity index (χ0n) is 11.8. The molecule has 0 bridgehead atoms. The smallest absolute Gasteiger partial charge is 0.337 e. The van der Waals surface area contributed by atoms with E-state index in [4.69, 9.17) is 12.2 Å². The third-order valence-electron chi connectivity index (χ3n) is 3.46. The number of amides is 1. The van der Waals surface area contributed by atoms with Crippen LogP contribution in [0.15, 0.2) is 24.3 Å². The van der Waals surface area contributed by atoms with Crippen molar-refractivity contribution >= 4 is 29.2 Å². The molecule has 0 atom stereocenters. The normalized spacial score (nSPS) is 14.5. The van der Waals surface area contributed by atoms with Crippen LogP contribution in [0.1, 0.15) is 46.4 Å². The van der Waals surface area contributed by atoms with Gasteiger partial charge in [0.05, 0.1) is 12.7 Å². The van der Waals surface area contributed by atoms with Crippen LogP contribution in [0.4, 0.5) is 0 Å². The molecule has 1 aromatic carbocycles.